The maximum atomic E-state index is 13.8. The van der Waals surface area contributed by atoms with Crippen LogP contribution in [0.4, 0.5) is 30.2 Å². The molecule has 0 spiro atoms. The van der Waals surface area contributed by atoms with Crippen molar-refractivity contribution in [1.82, 2.24) is 0 Å². The Kier molecular flexibility index (Phi) is 4.79. The Bertz CT molecular complexity index is 866. The number of nitrogens with zero attached hydrogens (tertiary/aromatic N) is 2. The Balaban J connectivity index is 1.82. The van der Waals surface area contributed by atoms with Gasteiger partial charge in [0.2, 0.25) is 11.6 Å². The summed E-state index contributed by atoms with van der Waals surface area (Å²) >= 11 is 0. The van der Waals surface area contributed by atoms with Crippen LogP contribution in [0.5, 0.6) is 0 Å². The van der Waals surface area contributed by atoms with E-state index < -0.39 is 39.5 Å². The van der Waals surface area contributed by atoms with Crippen molar-refractivity contribution in [2.24, 2.45) is 0 Å². The minimum Gasteiger partial charge on any atom is -0.372 e. The molecule has 1 N–H and O–H groups in total. The summed E-state index contributed by atoms with van der Waals surface area (Å²) in [6.07, 6.45) is 2.21. The Hall–Kier alpha value is -3.10. The van der Waals surface area contributed by atoms with Crippen molar-refractivity contribution < 1.29 is 22.9 Å². The third kappa shape index (κ3) is 3.32. The van der Waals surface area contributed by atoms with E-state index in [9.17, 15) is 28.1 Å². The topological polar surface area (TPSA) is 75.5 Å². The zero-order valence-electron chi connectivity index (χ0n) is 13.5. The first kappa shape index (κ1) is 17.7. The summed E-state index contributed by atoms with van der Waals surface area (Å²) in [5.41, 5.74) is -0.988. The lowest BCUT2D eigenvalue weighted by Crippen LogP contribution is -2.18. The molecule has 1 saturated heterocycles. The van der Waals surface area contributed by atoms with Gasteiger partial charge in [0.05, 0.1) is 10.5 Å². The first-order chi connectivity index (χ1) is 12.4. The van der Waals surface area contributed by atoms with E-state index in [1.807, 2.05) is 0 Å². The molecule has 3 rings (SSSR count). The molecular formula is C17H14F3N3O3. The Labute approximate surface area is 146 Å². The number of carbonyl (C=O) groups is 1. The van der Waals surface area contributed by atoms with E-state index in [0.717, 1.165) is 31.6 Å². The summed E-state index contributed by atoms with van der Waals surface area (Å²) in [6, 6.07) is 7.08. The summed E-state index contributed by atoms with van der Waals surface area (Å²) < 4.78 is 40.7. The normalized spacial score (nSPS) is 13.7. The Morgan fingerprint density at radius 1 is 1.04 bits per heavy atom. The first-order valence-corrected chi connectivity index (χ1v) is 7.86. The number of benzene rings is 2. The highest BCUT2D eigenvalue weighted by molar-refractivity contribution is 6.05. The summed E-state index contributed by atoms with van der Waals surface area (Å²) in [6.45, 7) is 1.88. The second kappa shape index (κ2) is 7.03. The van der Waals surface area contributed by atoms with Gasteiger partial charge in [0.1, 0.15) is 0 Å². The van der Waals surface area contributed by atoms with Crippen LogP contribution in [0.2, 0.25) is 0 Å². The van der Waals surface area contributed by atoms with Crippen molar-refractivity contribution in [3.63, 3.8) is 0 Å². The molecule has 2 aromatic carbocycles. The number of nitrogens with one attached hydrogen (secondary N) is 1. The van der Waals surface area contributed by atoms with Crippen LogP contribution in [-0.2, 0) is 0 Å². The quantitative estimate of drug-likeness (QED) is 0.507. The molecule has 1 heterocycles. The van der Waals surface area contributed by atoms with Crippen molar-refractivity contribution in [3.05, 3.63) is 63.5 Å². The van der Waals surface area contributed by atoms with E-state index in [1.165, 1.54) is 0 Å². The van der Waals surface area contributed by atoms with E-state index in [-0.39, 0.29) is 0 Å². The van der Waals surface area contributed by atoms with Crippen LogP contribution in [-0.4, -0.2) is 23.9 Å². The lowest BCUT2D eigenvalue weighted by molar-refractivity contribution is -0.387. The molecule has 6 nitrogen and oxygen atoms in total. The fourth-order valence-electron chi connectivity index (χ4n) is 2.82. The van der Waals surface area contributed by atoms with Gasteiger partial charge in [0.25, 0.3) is 5.91 Å². The van der Waals surface area contributed by atoms with E-state index >= 15 is 0 Å². The molecule has 9 heteroatoms. The zero-order chi connectivity index (χ0) is 18.8. The Morgan fingerprint density at radius 3 is 2.23 bits per heavy atom. The molecular weight excluding hydrogens is 351 g/mol. The number of hydrogen-bond acceptors (Lipinski definition) is 4. The van der Waals surface area contributed by atoms with Crippen LogP contribution in [0.25, 0.3) is 0 Å². The van der Waals surface area contributed by atoms with Gasteiger partial charge in [-0.25, -0.2) is 8.78 Å². The number of nitro benzene ring substituents is 1. The second-order valence-corrected chi connectivity index (χ2v) is 5.84. The largest absolute Gasteiger partial charge is 0.372 e. The number of anilines is 2. The highest BCUT2D eigenvalue weighted by Gasteiger charge is 2.28. The second-order valence-electron chi connectivity index (χ2n) is 5.84. The van der Waals surface area contributed by atoms with Gasteiger partial charge >= 0.3 is 5.69 Å². The fraction of sp³-hybridized carbons (Fsp3) is 0.235. The molecule has 0 radical (unpaired) electrons. The smallest absolute Gasteiger partial charge is 0.308 e. The highest BCUT2D eigenvalue weighted by Crippen LogP contribution is 2.27. The van der Waals surface area contributed by atoms with Gasteiger partial charge in [-0.05, 0) is 37.1 Å². The van der Waals surface area contributed by atoms with Gasteiger partial charge in [0, 0.05) is 30.5 Å². The predicted octanol–water partition coefficient (Wildman–Crippen LogP) is 3.86. The van der Waals surface area contributed by atoms with Crippen molar-refractivity contribution in [2.45, 2.75) is 12.8 Å². The molecule has 0 atom stereocenters. The Morgan fingerprint density at radius 2 is 1.65 bits per heavy atom. The van der Waals surface area contributed by atoms with E-state index in [0.29, 0.717) is 11.8 Å². The van der Waals surface area contributed by atoms with Gasteiger partial charge < -0.3 is 10.2 Å². The van der Waals surface area contributed by atoms with Crippen molar-refractivity contribution in [1.29, 1.82) is 0 Å². The molecule has 1 aliphatic rings. The molecule has 0 bridgehead atoms. The molecule has 26 heavy (non-hydrogen) atoms. The number of halogens is 3. The molecule has 1 aliphatic heterocycles. The first-order valence-electron chi connectivity index (χ1n) is 7.86. The number of carbonyl (C=O) groups excluding carboxylic acids is 1. The zero-order valence-corrected chi connectivity index (χ0v) is 13.5. The molecule has 2 aromatic rings. The van der Waals surface area contributed by atoms with Crippen LogP contribution in [0.3, 0.4) is 0 Å². The summed E-state index contributed by atoms with van der Waals surface area (Å²) in [4.78, 5) is 23.8. The molecule has 136 valence electrons. The van der Waals surface area contributed by atoms with Gasteiger partial charge in [0.15, 0.2) is 5.82 Å². The van der Waals surface area contributed by atoms with Crippen molar-refractivity contribution in [2.75, 3.05) is 23.3 Å². The summed E-state index contributed by atoms with van der Waals surface area (Å²) in [7, 11) is 0. The third-order valence-corrected chi connectivity index (χ3v) is 4.17. The van der Waals surface area contributed by atoms with Crippen LogP contribution in [0, 0.1) is 27.6 Å². The van der Waals surface area contributed by atoms with E-state index in [2.05, 4.69) is 10.2 Å². The molecule has 0 aromatic heterocycles. The predicted molar refractivity (Wildman–Crippen MR) is 88.8 cm³/mol. The maximum Gasteiger partial charge on any atom is 0.308 e. The molecule has 0 aliphatic carbocycles. The third-order valence-electron chi connectivity index (χ3n) is 4.17. The van der Waals surface area contributed by atoms with E-state index in [4.69, 9.17) is 0 Å². The average molecular weight is 365 g/mol. The summed E-state index contributed by atoms with van der Waals surface area (Å²) in [5, 5.41) is 13.0. The fourth-order valence-corrected chi connectivity index (χ4v) is 2.82. The number of amides is 1. The van der Waals surface area contributed by atoms with Crippen LogP contribution in [0.15, 0.2) is 30.3 Å². The lowest BCUT2D eigenvalue weighted by Gasteiger charge is -2.17. The standard InChI is InChI=1S/C17H14F3N3O3/c18-14-12(9-13(23(25)26)15(19)16(14)20)17(24)21-10-3-5-11(6-4-10)22-7-1-2-8-22/h3-6,9H,1-2,7-8H2,(H,21,24). The minimum atomic E-state index is -2.06. The number of nitro groups is 1. The van der Waals surface area contributed by atoms with Crippen LogP contribution in [0.1, 0.15) is 23.2 Å². The summed E-state index contributed by atoms with van der Waals surface area (Å²) in [5.74, 6) is -6.90. The van der Waals surface area contributed by atoms with Crippen molar-refractivity contribution in [3.8, 4) is 0 Å². The van der Waals surface area contributed by atoms with Crippen molar-refractivity contribution >= 4 is 23.0 Å². The lowest BCUT2D eigenvalue weighted by atomic mass is 10.1. The molecule has 1 amide bonds. The van der Waals surface area contributed by atoms with Crippen LogP contribution < -0.4 is 10.2 Å². The SMILES string of the molecule is O=C(Nc1ccc(N2CCCC2)cc1)c1cc([N+](=O)[O-])c(F)c(F)c1F. The number of hydrogen-bond donors (Lipinski definition) is 1. The minimum absolute atomic E-state index is 0.296. The molecule has 1 fully saturated rings. The molecule has 0 saturated carbocycles. The van der Waals surface area contributed by atoms with Gasteiger partial charge in [-0.3, -0.25) is 14.9 Å². The highest BCUT2D eigenvalue weighted by atomic mass is 19.2. The van der Waals surface area contributed by atoms with Gasteiger partial charge in [-0.15, -0.1) is 0 Å². The maximum absolute atomic E-state index is 13.8. The average Bonchev–Trinajstić information content (AvgIpc) is 3.14. The van der Waals surface area contributed by atoms with E-state index in [1.54, 1.807) is 24.3 Å². The van der Waals surface area contributed by atoms with Crippen LogP contribution >= 0.6 is 0 Å². The monoisotopic (exact) mass is 365 g/mol. The van der Waals surface area contributed by atoms with Gasteiger partial charge in [-0.2, -0.15) is 4.39 Å². The van der Waals surface area contributed by atoms with Gasteiger partial charge in [-0.1, -0.05) is 0 Å². The number of rotatable bonds is 4. The molecule has 0 unspecified atom stereocenters.